The van der Waals surface area contributed by atoms with Gasteiger partial charge in [-0.3, -0.25) is 14.6 Å². The van der Waals surface area contributed by atoms with Gasteiger partial charge in [-0.05, 0) is 48.9 Å². The summed E-state index contributed by atoms with van der Waals surface area (Å²) in [6.07, 6.45) is 1.63. The number of halogens is 1. The lowest BCUT2D eigenvalue weighted by Crippen LogP contribution is -2.12. The first-order valence-corrected chi connectivity index (χ1v) is 10.3. The minimum atomic E-state index is -0.306. The zero-order valence-corrected chi connectivity index (χ0v) is 18.2. The molecule has 4 aromatic rings. The molecule has 0 unspecified atom stereocenters. The van der Waals surface area contributed by atoms with Gasteiger partial charge in [-0.2, -0.15) is 0 Å². The normalized spacial score (nSPS) is 10.6. The molecule has 0 fully saturated rings. The topological polar surface area (TPSA) is 80.3 Å². The van der Waals surface area contributed by atoms with Crippen LogP contribution in [0.15, 0.2) is 72.9 Å². The number of ether oxygens (including phenoxy) is 1. The maximum absolute atomic E-state index is 12.6. The molecule has 4 rings (SSSR count). The molecule has 0 atom stereocenters. The molecule has 2 amide bonds. The highest BCUT2D eigenvalue weighted by Gasteiger charge is 2.13. The van der Waals surface area contributed by atoms with Gasteiger partial charge in [0, 0.05) is 30.3 Å². The molecule has 0 spiro atoms. The van der Waals surface area contributed by atoms with E-state index in [-0.39, 0.29) is 11.8 Å². The quantitative estimate of drug-likeness (QED) is 0.383. The molecule has 3 aromatic carbocycles. The molecule has 0 bridgehead atoms. The molecule has 0 aliphatic rings. The summed E-state index contributed by atoms with van der Waals surface area (Å²) < 4.78 is 6.20. The summed E-state index contributed by atoms with van der Waals surface area (Å²) in [7, 11) is 0. The van der Waals surface area contributed by atoms with Crippen LogP contribution in [0.2, 0.25) is 5.02 Å². The van der Waals surface area contributed by atoms with Crippen LogP contribution in [0.25, 0.3) is 10.9 Å². The molecule has 32 heavy (non-hydrogen) atoms. The van der Waals surface area contributed by atoms with Gasteiger partial charge in [0.05, 0.1) is 21.8 Å². The predicted molar refractivity (Wildman–Crippen MR) is 127 cm³/mol. The molecule has 0 aliphatic carbocycles. The lowest BCUT2D eigenvalue weighted by Gasteiger charge is -2.14. The number of para-hydroxylation sites is 1. The summed E-state index contributed by atoms with van der Waals surface area (Å²) in [5.74, 6) is 0.683. The number of benzene rings is 3. The fourth-order valence-corrected chi connectivity index (χ4v) is 3.50. The number of rotatable bonds is 5. The van der Waals surface area contributed by atoms with Crippen LogP contribution in [0, 0.1) is 6.92 Å². The molecule has 0 saturated heterocycles. The van der Waals surface area contributed by atoms with Gasteiger partial charge in [-0.15, -0.1) is 0 Å². The summed E-state index contributed by atoms with van der Waals surface area (Å²) >= 11 is 6.13. The molecule has 1 heterocycles. The van der Waals surface area contributed by atoms with E-state index in [1.165, 1.54) is 6.92 Å². The Morgan fingerprint density at radius 3 is 2.53 bits per heavy atom. The first kappa shape index (κ1) is 21.3. The second kappa shape index (κ2) is 9.08. The van der Waals surface area contributed by atoms with Crippen molar-refractivity contribution in [2.75, 3.05) is 10.6 Å². The summed E-state index contributed by atoms with van der Waals surface area (Å²) in [6, 6.07) is 19.5. The molecule has 0 saturated carbocycles. The predicted octanol–water partition coefficient (Wildman–Crippen LogP) is 6.20. The van der Waals surface area contributed by atoms with Gasteiger partial charge in [-0.25, -0.2) is 0 Å². The standard InChI is InChI=1S/C25H20ClN3O3/c1-15-10-11-17(29-25(31)18-6-3-4-8-20(18)26)14-23(15)32-22-12-13-27-24-19(22)7-5-9-21(24)28-16(2)30/h3-14H,1-2H3,(H,28,30)(H,29,31). The minimum Gasteiger partial charge on any atom is -0.456 e. The zero-order chi connectivity index (χ0) is 22.7. The minimum absolute atomic E-state index is 0.177. The van der Waals surface area contributed by atoms with E-state index < -0.39 is 0 Å². The molecular formula is C25H20ClN3O3. The third-order valence-electron chi connectivity index (χ3n) is 4.83. The average Bonchev–Trinajstić information content (AvgIpc) is 2.76. The van der Waals surface area contributed by atoms with Crippen LogP contribution < -0.4 is 15.4 Å². The van der Waals surface area contributed by atoms with Crippen molar-refractivity contribution in [2.24, 2.45) is 0 Å². The van der Waals surface area contributed by atoms with E-state index in [0.29, 0.717) is 39.0 Å². The Bertz CT molecular complexity index is 1340. The van der Waals surface area contributed by atoms with Crippen LogP contribution in [0.4, 0.5) is 11.4 Å². The van der Waals surface area contributed by atoms with Crippen LogP contribution in [-0.2, 0) is 4.79 Å². The third-order valence-corrected chi connectivity index (χ3v) is 5.16. The number of pyridine rings is 1. The van der Waals surface area contributed by atoms with E-state index in [0.717, 1.165) is 10.9 Å². The largest absolute Gasteiger partial charge is 0.456 e. The highest BCUT2D eigenvalue weighted by Crippen LogP contribution is 2.34. The number of hydrogen-bond acceptors (Lipinski definition) is 4. The Labute approximate surface area is 190 Å². The first-order valence-electron chi connectivity index (χ1n) is 9.92. The highest BCUT2D eigenvalue weighted by molar-refractivity contribution is 6.34. The van der Waals surface area contributed by atoms with Gasteiger partial charge in [0.2, 0.25) is 5.91 Å². The summed E-state index contributed by atoms with van der Waals surface area (Å²) in [6.45, 7) is 3.37. The fraction of sp³-hybridized carbons (Fsp3) is 0.0800. The SMILES string of the molecule is CC(=O)Nc1cccc2c(Oc3cc(NC(=O)c4ccccc4Cl)ccc3C)ccnc12. The molecule has 2 N–H and O–H groups in total. The second-order valence-corrected chi connectivity index (χ2v) is 7.62. The lowest BCUT2D eigenvalue weighted by atomic mass is 10.1. The number of amides is 2. The number of nitrogens with zero attached hydrogens (tertiary/aromatic N) is 1. The number of hydrogen-bond donors (Lipinski definition) is 2. The second-order valence-electron chi connectivity index (χ2n) is 7.21. The summed E-state index contributed by atoms with van der Waals surface area (Å²) in [5, 5.41) is 6.78. The van der Waals surface area contributed by atoms with E-state index in [9.17, 15) is 9.59 Å². The summed E-state index contributed by atoms with van der Waals surface area (Å²) in [4.78, 5) is 28.5. The van der Waals surface area contributed by atoms with Crippen molar-refractivity contribution in [1.29, 1.82) is 0 Å². The van der Waals surface area contributed by atoms with E-state index in [2.05, 4.69) is 15.6 Å². The van der Waals surface area contributed by atoms with Crippen LogP contribution >= 0.6 is 11.6 Å². The molecule has 0 aliphatic heterocycles. The Kier molecular flexibility index (Phi) is 6.05. The van der Waals surface area contributed by atoms with E-state index in [1.54, 1.807) is 54.7 Å². The van der Waals surface area contributed by atoms with Gasteiger partial charge in [0.1, 0.15) is 11.5 Å². The van der Waals surface area contributed by atoms with Gasteiger partial charge in [-0.1, -0.05) is 35.9 Å². The van der Waals surface area contributed by atoms with Crippen molar-refractivity contribution < 1.29 is 14.3 Å². The van der Waals surface area contributed by atoms with Crippen molar-refractivity contribution >= 4 is 45.7 Å². The molecule has 7 heteroatoms. The average molecular weight is 446 g/mol. The van der Waals surface area contributed by atoms with Crippen LogP contribution in [0.3, 0.4) is 0 Å². The summed E-state index contributed by atoms with van der Waals surface area (Å²) in [5.41, 5.74) is 3.10. The first-order chi connectivity index (χ1) is 15.4. The Balaban J connectivity index is 1.64. The number of aromatic nitrogens is 1. The van der Waals surface area contributed by atoms with Crippen molar-refractivity contribution in [3.8, 4) is 11.5 Å². The van der Waals surface area contributed by atoms with Gasteiger partial charge < -0.3 is 15.4 Å². The number of carbonyl (C=O) groups excluding carboxylic acids is 2. The van der Waals surface area contributed by atoms with Crippen LogP contribution in [0.1, 0.15) is 22.8 Å². The third kappa shape index (κ3) is 4.55. The molecular weight excluding hydrogens is 426 g/mol. The van der Waals surface area contributed by atoms with Crippen LogP contribution in [0.5, 0.6) is 11.5 Å². The van der Waals surface area contributed by atoms with Crippen molar-refractivity contribution in [3.05, 3.63) is 89.1 Å². The number of fused-ring (bicyclic) bond motifs is 1. The fourth-order valence-electron chi connectivity index (χ4n) is 3.28. The monoisotopic (exact) mass is 445 g/mol. The lowest BCUT2D eigenvalue weighted by molar-refractivity contribution is -0.114. The smallest absolute Gasteiger partial charge is 0.257 e. The van der Waals surface area contributed by atoms with Crippen molar-refractivity contribution in [3.63, 3.8) is 0 Å². The van der Waals surface area contributed by atoms with E-state index in [4.69, 9.17) is 16.3 Å². The molecule has 6 nitrogen and oxygen atoms in total. The molecule has 0 radical (unpaired) electrons. The van der Waals surface area contributed by atoms with E-state index >= 15 is 0 Å². The number of nitrogens with one attached hydrogen (secondary N) is 2. The Morgan fingerprint density at radius 2 is 1.75 bits per heavy atom. The van der Waals surface area contributed by atoms with Gasteiger partial charge in [0.25, 0.3) is 5.91 Å². The molecule has 160 valence electrons. The van der Waals surface area contributed by atoms with Gasteiger partial charge in [0.15, 0.2) is 0 Å². The number of carbonyl (C=O) groups is 2. The number of aryl methyl sites for hydroxylation is 1. The highest BCUT2D eigenvalue weighted by atomic mass is 35.5. The Morgan fingerprint density at radius 1 is 0.938 bits per heavy atom. The van der Waals surface area contributed by atoms with Gasteiger partial charge >= 0.3 is 0 Å². The van der Waals surface area contributed by atoms with Crippen molar-refractivity contribution in [2.45, 2.75) is 13.8 Å². The molecule has 1 aromatic heterocycles. The van der Waals surface area contributed by atoms with E-state index in [1.807, 2.05) is 25.1 Å². The maximum atomic E-state index is 12.6. The van der Waals surface area contributed by atoms with Crippen molar-refractivity contribution in [1.82, 2.24) is 4.98 Å². The maximum Gasteiger partial charge on any atom is 0.257 e. The van der Waals surface area contributed by atoms with Crippen LogP contribution in [-0.4, -0.2) is 16.8 Å². The zero-order valence-electron chi connectivity index (χ0n) is 17.5. The number of anilines is 2. The Hall–Kier alpha value is -3.90.